The van der Waals surface area contributed by atoms with Crippen molar-refractivity contribution in [2.24, 2.45) is 0 Å². The molecule has 0 fully saturated rings. The third kappa shape index (κ3) is 7.50. The molecule has 0 radical (unpaired) electrons. The van der Waals surface area contributed by atoms with E-state index in [1.165, 1.54) is 7.11 Å². The lowest BCUT2D eigenvalue weighted by Crippen LogP contribution is -2.52. The minimum absolute atomic E-state index is 0.117. The van der Waals surface area contributed by atoms with Gasteiger partial charge in [-0.2, -0.15) is 0 Å². The molecule has 0 saturated heterocycles. The summed E-state index contributed by atoms with van der Waals surface area (Å²) in [6.45, 7) is 0.276. The highest BCUT2D eigenvalue weighted by molar-refractivity contribution is 14.1. The highest BCUT2D eigenvalue weighted by atomic mass is 127. The van der Waals surface area contributed by atoms with E-state index in [9.17, 15) is 15.0 Å². The van der Waals surface area contributed by atoms with Crippen LogP contribution in [0.5, 0.6) is 23.0 Å². The average molecular weight is 642 g/mol. The number of hydrogen-bond acceptors (Lipinski definition) is 9. The quantitative estimate of drug-likeness (QED) is 0.206. The monoisotopic (exact) mass is 642 g/mol. The molecule has 11 heteroatoms. The van der Waals surface area contributed by atoms with E-state index in [-0.39, 0.29) is 32.1 Å². The van der Waals surface area contributed by atoms with Crippen LogP contribution in [0, 0.1) is 3.57 Å². The summed E-state index contributed by atoms with van der Waals surface area (Å²) in [4.78, 5) is 12.8. The second kappa shape index (κ2) is 14.5. The van der Waals surface area contributed by atoms with Gasteiger partial charge in [0.15, 0.2) is 11.5 Å². The number of aliphatic hydroxyl groups is 3. The fraction of sp³-hybridized carbons (Fsp3) is 0.444. The minimum Gasteiger partial charge on any atom is -0.497 e. The van der Waals surface area contributed by atoms with Crippen molar-refractivity contribution in [3.8, 4) is 23.0 Å². The number of carbonyl (C=O) groups is 1. The number of benzene rings is 2. The Morgan fingerprint density at radius 2 is 1.82 bits per heavy atom. The van der Waals surface area contributed by atoms with Crippen molar-refractivity contribution in [3.05, 3.63) is 56.7 Å². The summed E-state index contributed by atoms with van der Waals surface area (Å²) >= 11 is 2.08. The molecule has 0 bridgehead atoms. The summed E-state index contributed by atoms with van der Waals surface area (Å²) in [5, 5.41) is 36.0. The maximum atomic E-state index is 12.8. The van der Waals surface area contributed by atoms with Crippen LogP contribution < -0.4 is 29.6 Å². The SMILES string of the molecule is COc1ccc(OC)c(CCN[C@@H]2CC(C(=O)NCCO)=C[C@H](Oc3c(I)cc(CO)cc3OC)[C@H]2O)c1. The van der Waals surface area contributed by atoms with Crippen LogP contribution in [-0.2, 0) is 17.8 Å². The van der Waals surface area contributed by atoms with Gasteiger partial charge in [-0.1, -0.05) is 0 Å². The predicted octanol–water partition coefficient (Wildman–Crippen LogP) is 1.56. The zero-order chi connectivity index (χ0) is 27.7. The first-order valence-electron chi connectivity index (χ1n) is 12.2. The largest absolute Gasteiger partial charge is 0.497 e. The van der Waals surface area contributed by atoms with Gasteiger partial charge in [0.05, 0.1) is 38.1 Å². The summed E-state index contributed by atoms with van der Waals surface area (Å²) in [6.07, 6.45) is 0.639. The second-order valence-corrected chi connectivity index (χ2v) is 9.87. The van der Waals surface area contributed by atoms with Crippen molar-refractivity contribution in [3.63, 3.8) is 0 Å². The van der Waals surface area contributed by atoms with E-state index in [0.29, 0.717) is 44.9 Å². The molecule has 10 nitrogen and oxygen atoms in total. The number of halogens is 1. The fourth-order valence-electron chi connectivity index (χ4n) is 4.28. The lowest BCUT2D eigenvalue weighted by molar-refractivity contribution is -0.118. The zero-order valence-corrected chi connectivity index (χ0v) is 23.9. The molecule has 0 spiro atoms. The minimum atomic E-state index is -0.977. The number of aliphatic hydroxyl groups excluding tert-OH is 3. The van der Waals surface area contributed by atoms with Crippen LogP contribution in [0.1, 0.15) is 17.5 Å². The van der Waals surface area contributed by atoms with E-state index in [0.717, 1.165) is 11.3 Å². The first-order valence-corrected chi connectivity index (χ1v) is 13.3. The van der Waals surface area contributed by atoms with Crippen LogP contribution in [0.25, 0.3) is 0 Å². The van der Waals surface area contributed by atoms with E-state index >= 15 is 0 Å². The number of rotatable bonds is 13. The molecular weight excluding hydrogens is 607 g/mol. The van der Waals surface area contributed by atoms with Crippen LogP contribution in [0.2, 0.25) is 0 Å². The van der Waals surface area contributed by atoms with Crippen LogP contribution in [-0.4, -0.2) is 80.5 Å². The van der Waals surface area contributed by atoms with Gasteiger partial charge in [-0.15, -0.1) is 0 Å². The van der Waals surface area contributed by atoms with Crippen molar-refractivity contribution in [2.75, 3.05) is 41.0 Å². The van der Waals surface area contributed by atoms with E-state index in [1.54, 1.807) is 32.4 Å². The lowest BCUT2D eigenvalue weighted by Gasteiger charge is -2.35. The first kappa shape index (κ1) is 30.0. The molecule has 2 aromatic rings. The summed E-state index contributed by atoms with van der Waals surface area (Å²) in [5.41, 5.74) is 2.04. The molecule has 38 heavy (non-hydrogen) atoms. The molecule has 0 saturated carbocycles. The lowest BCUT2D eigenvalue weighted by atomic mass is 9.89. The van der Waals surface area contributed by atoms with Gasteiger partial charge in [-0.3, -0.25) is 4.79 Å². The molecular formula is C27H35IN2O8. The molecule has 3 atom stereocenters. The van der Waals surface area contributed by atoms with Crippen molar-refractivity contribution in [2.45, 2.75) is 37.7 Å². The summed E-state index contributed by atoms with van der Waals surface area (Å²) in [7, 11) is 4.71. The first-order chi connectivity index (χ1) is 18.3. The maximum absolute atomic E-state index is 12.8. The molecule has 0 aliphatic heterocycles. The maximum Gasteiger partial charge on any atom is 0.247 e. The van der Waals surface area contributed by atoms with E-state index in [1.807, 2.05) is 18.2 Å². The standard InChI is InChI=1S/C27H35IN2O8/c1-35-19-4-5-22(36-2)17(12-19)6-7-29-21-13-18(27(34)30-8-9-31)14-23(25(21)33)38-26-20(28)10-16(15-32)11-24(26)37-3/h4-5,10-12,14,21,23,25,29,31-33H,6-9,13,15H2,1-3H3,(H,30,34)/t21-,23+,25+/m1/s1. The van der Waals surface area contributed by atoms with Gasteiger partial charge in [0.1, 0.15) is 23.7 Å². The number of ether oxygens (including phenoxy) is 4. The number of hydrogen-bond donors (Lipinski definition) is 5. The van der Waals surface area contributed by atoms with Crippen LogP contribution in [0.3, 0.4) is 0 Å². The molecule has 3 rings (SSSR count). The molecule has 1 amide bonds. The Bertz CT molecular complexity index is 1130. The molecule has 0 aromatic heterocycles. The molecule has 1 aliphatic carbocycles. The molecule has 1 aliphatic rings. The van der Waals surface area contributed by atoms with Crippen LogP contribution in [0.4, 0.5) is 0 Å². The Labute approximate surface area is 236 Å². The smallest absolute Gasteiger partial charge is 0.247 e. The van der Waals surface area contributed by atoms with Gasteiger partial charge < -0.3 is 44.9 Å². The van der Waals surface area contributed by atoms with Gasteiger partial charge >= 0.3 is 0 Å². The molecule has 208 valence electrons. The highest BCUT2D eigenvalue weighted by Crippen LogP contribution is 2.36. The summed E-state index contributed by atoms with van der Waals surface area (Å²) < 4.78 is 23.2. The Balaban J connectivity index is 1.82. The summed E-state index contributed by atoms with van der Waals surface area (Å²) in [5.74, 6) is 1.93. The number of nitrogens with one attached hydrogen (secondary N) is 2. The third-order valence-electron chi connectivity index (χ3n) is 6.26. The highest BCUT2D eigenvalue weighted by Gasteiger charge is 2.36. The Hall–Kier alpha value is -2.58. The molecule has 2 aromatic carbocycles. The van der Waals surface area contributed by atoms with Gasteiger partial charge in [-0.25, -0.2) is 0 Å². The van der Waals surface area contributed by atoms with Crippen LogP contribution >= 0.6 is 22.6 Å². The van der Waals surface area contributed by atoms with E-state index in [4.69, 9.17) is 24.1 Å². The van der Waals surface area contributed by atoms with Crippen molar-refractivity contribution in [1.29, 1.82) is 0 Å². The Kier molecular flexibility index (Phi) is 11.5. The van der Waals surface area contributed by atoms with Crippen molar-refractivity contribution < 1.29 is 39.1 Å². The molecule has 0 unspecified atom stereocenters. The van der Waals surface area contributed by atoms with Crippen molar-refractivity contribution in [1.82, 2.24) is 10.6 Å². The second-order valence-electron chi connectivity index (χ2n) is 8.70. The van der Waals surface area contributed by atoms with Gasteiger partial charge in [0.2, 0.25) is 5.91 Å². The van der Waals surface area contributed by atoms with Crippen LogP contribution in [0.15, 0.2) is 42.0 Å². The van der Waals surface area contributed by atoms with E-state index < -0.39 is 18.2 Å². The van der Waals surface area contributed by atoms with Gasteiger partial charge in [0, 0.05) is 18.2 Å². The van der Waals surface area contributed by atoms with E-state index in [2.05, 4.69) is 33.2 Å². The molecule has 5 N–H and O–H groups in total. The number of carbonyl (C=O) groups excluding carboxylic acids is 1. The molecule has 0 heterocycles. The topological polar surface area (TPSA) is 139 Å². The third-order valence-corrected chi connectivity index (χ3v) is 7.06. The fourth-order valence-corrected chi connectivity index (χ4v) is 5.08. The van der Waals surface area contributed by atoms with Crippen molar-refractivity contribution >= 4 is 28.5 Å². The average Bonchev–Trinajstić information content (AvgIpc) is 2.93. The number of methoxy groups -OCH3 is 3. The van der Waals surface area contributed by atoms with Gasteiger partial charge in [0.25, 0.3) is 0 Å². The predicted molar refractivity (Wildman–Crippen MR) is 150 cm³/mol. The normalized spacial score (nSPS) is 18.9. The zero-order valence-electron chi connectivity index (χ0n) is 21.7. The number of amides is 1. The van der Waals surface area contributed by atoms with Gasteiger partial charge in [-0.05, 0) is 89.5 Å². The Morgan fingerprint density at radius 3 is 2.47 bits per heavy atom. The summed E-state index contributed by atoms with van der Waals surface area (Å²) in [6, 6.07) is 8.52. The Morgan fingerprint density at radius 1 is 1.05 bits per heavy atom.